The molecule has 30 heavy (non-hydrogen) atoms. The van der Waals surface area contributed by atoms with Gasteiger partial charge in [0.1, 0.15) is 0 Å². The van der Waals surface area contributed by atoms with Crippen LogP contribution in [0, 0.1) is 5.92 Å². The van der Waals surface area contributed by atoms with Gasteiger partial charge in [-0.25, -0.2) is 9.59 Å². The first kappa shape index (κ1) is 22.2. The van der Waals surface area contributed by atoms with Crippen LogP contribution in [0.5, 0.6) is 0 Å². The van der Waals surface area contributed by atoms with Gasteiger partial charge >= 0.3 is 11.9 Å². The van der Waals surface area contributed by atoms with Crippen molar-refractivity contribution in [1.29, 1.82) is 0 Å². The standard InChI is InChI=1S/C22H30N2.C2H2O4/c1-18-9-11-21(12-10-18)24-15-13-23(14-16-24)17-20-7-4-6-19-5-2-3-8-22(19)20;3-1(4)2(5)6/h2-8,18,21H,9-17H2,1H3;(H,3,4)(H,5,6). The van der Waals surface area contributed by atoms with Crippen LogP contribution >= 0.6 is 0 Å². The molecule has 2 fully saturated rings. The highest BCUT2D eigenvalue weighted by atomic mass is 16.4. The molecular weight excluding hydrogens is 380 g/mol. The highest BCUT2D eigenvalue weighted by Crippen LogP contribution is 2.28. The number of aliphatic carboxylic acids is 2. The second kappa shape index (κ2) is 10.5. The first-order chi connectivity index (χ1) is 14.4. The normalized spacial score (nSPS) is 22.8. The maximum absolute atomic E-state index is 9.10. The van der Waals surface area contributed by atoms with E-state index in [0.29, 0.717) is 0 Å². The highest BCUT2D eigenvalue weighted by Gasteiger charge is 2.27. The van der Waals surface area contributed by atoms with Crippen LogP contribution < -0.4 is 0 Å². The molecule has 1 saturated heterocycles. The summed E-state index contributed by atoms with van der Waals surface area (Å²) in [5, 5.41) is 17.6. The Hall–Kier alpha value is -2.44. The zero-order valence-corrected chi connectivity index (χ0v) is 17.7. The number of rotatable bonds is 3. The minimum Gasteiger partial charge on any atom is -0.473 e. The second-order valence-electron chi connectivity index (χ2n) is 8.47. The molecule has 2 N–H and O–H groups in total. The number of carboxylic acids is 2. The molecule has 4 rings (SSSR count). The summed E-state index contributed by atoms with van der Waals surface area (Å²) in [6, 6.07) is 16.4. The van der Waals surface area contributed by atoms with E-state index in [-0.39, 0.29) is 0 Å². The molecule has 0 aromatic heterocycles. The summed E-state index contributed by atoms with van der Waals surface area (Å²) < 4.78 is 0. The number of carbonyl (C=O) groups is 2. The summed E-state index contributed by atoms with van der Waals surface area (Å²) in [6.07, 6.45) is 5.71. The summed E-state index contributed by atoms with van der Waals surface area (Å²) in [6.45, 7) is 8.45. The molecule has 0 spiro atoms. The van der Waals surface area contributed by atoms with E-state index in [0.717, 1.165) is 18.5 Å². The Labute approximate surface area is 178 Å². The van der Waals surface area contributed by atoms with Gasteiger partial charge in [0.05, 0.1) is 0 Å². The molecule has 0 amide bonds. The Bertz CT molecular complexity index is 836. The molecule has 6 heteroatoms. The molecule has 1 aliphatic carbocycles. The Kier molecular flexibility index (Phi) is 7.82. The van der Waals surface area contributed by atoms with Crippen molar-refractivity contribution in [3.63, 3.8) is 0 Å². The van der Waals surface area contributed by atoms with E-state index in [2.05, 4.69) is 59.2 Å². The largest absolute Gasteiger partial charge is 0.473 e. The maximum atomic E-state index is 9.10. The molecule has 0 radical (unpaired) electrons. The fourth-order valence-electron chi connectivity index (χ4n) is 4.57. The average Bonchev–Trinajstić information content (AvgIpc) is 2.76. The van der Waals surface area contributed by atoms with Crippen molar-refractivity contribution in [3.05, 3.63) is 48.0 Å². The van der Waals surface area contributed by atoms with Gasteiger partial charge in [0.2, 0.25) is 0 Å². The molecule has 162 valence electrons. The van der Waals surface area contributed by atoms with E-state index in [1.54, 1.807) is 0 Å². The van der Waals surface area contributed by atoms with Crippen molar-refractivity contribution < 1.29 is 19.8 Å². The van der Waals surface area contributed by atoms with E-state index in [4.69, 9.17) is 19.8 Å². The quantitative estimate of drug-likeness (QED) is 0.749. The van der Waals surface area contributed by atoms with Gasteiger partial charge in [0, 0.05) is 38.8 Å². The first-order valence-corrected chi connectivity index (χ1v) is 10.8. The fraction of sp³-hybridized carbons (Fsp3) is 0.500. The average molecular weight is 413 g/mol. The lowest BCUT2D eigenvalue weighted by atomic mass is 9.86. The smallest absolute Gasteiger partial charge is 0.414 e. The van der Waals surface area contributed by atoms with Crippen molar-refractivity contribution in [2.75, 3.05) is 26.2 Å². The minimum absolute atomic E-state index is 0.862. The minimum atomic E-state index is -1.82. The van der Waals surface area contributed by atoms with E-state index in [1.807, 2.05) is 0 Å². The molecule has 0 unspecified atom stereocenters. The van der Waals surface area contributed by atoms with Gasteiger partial charge in [-0.15, -0.1) is 0 Å². The van der Waals surface area contributed by atoms with Crippen LogP contribution in [-0.2, 0) is 16.1 Å². The van der Waals surface area contributed by atoms with Gasteiger partial charge in [-0.05, 0) is 47.9 Å². The number of carboxylic acid groups (broad SMARTS) is 2. The van der Waals surface area contributed by atoms with E-state index in [9.17, 15) is 0 Å². The third-order valence-corrected chi connectivity index (χ3v) is 6.37. The molecule has 1 heterocycles. The zero-order valence-electron chi connectivity index (χ0n) is 17.7. The Balaban J connectivity index is 0.000000377. The van der Waals surface area contributed by atoms with Crippen LogP contribution in [-0.4, -0.2) is 64.2 Å². The maximum Gasteiger partial charge on any atom is 0.414 e. The third-order valence-electron chi connectivity index (χ3n) is 6.37. The fourth-order valence-corrected chi connectivity index (χ4v) is 4.57. The second-order valence-corrected chi connectivity index (χ2v) is 8.47. The van der Waals surface area contributed by atoms with Gasteiger partial charge < -0.3 is 10.2 Å². The predicted molar refractivity (Wildman–Crippen MR) is 117 cm³/mol. The Morgan fingerprint density at radius 3 is 2.10 bits per heavy atom. The van der Waals surface area contributed by atoms with Crippen molar-refractivity contribution in [2.24, 2.45) is 5.92 Å². The van der Waals surface area contributed by atoms with Crippen LogP contribution in [0.15, 0.2) is 42.5 Å². The van der Waals surface area contributed by atoms with E-state index < -0.39 is 11.9 Å². The lowest BCUT2D eigenvalue weighted by molar-refractivity contribution is -0.159. The molecule has 6 nitrogen and oxygen atoms in total. The Morgan fingerprint density at radius 2 is 1.47 bits per heavy atom. The van der Waals surface area contributed by atoms with Crippen molar-refractivity contribution in [3.8, 4) is 0 Å². The number of benzene rings is 2. The number of piperazine rings is 1. The summed E-state index contributed by atoms with van der Waals surface area (Å²) in [5.74, 6) is -2.70. The van der Waals surface area contributed by atoms with Crippen LogP contribution in [0.1, 0.15) is 38.2 Å². The summed E-state index contributed by atoms with van der Waals surface area (Å²) in [7, 11) is 0. The topological polar surface area (TPSA) is 81.1 Å². The van der Waals surface area contributed by atoms with E-state index >= 15 is 0 Å². The van der Waals surface area contributed by atoms with Crippen LogP contribution in [0.2, 0.25) is 0 Å². The van der Waals surface area contributed by atoms with Crippen LogP contribution in [0.4, 0.5) is 0 Å². The van der Waals surface area contributed by atoms with Crippen LogP contribution in [0.3, 0.4) is 0 Å². The Morgan fingerprint density at radius 1 is 0.867 bits per heavy atom. The third kappa shape index (κ3) is 6.03. The van der Waals surface area contributed by atoms with Crippen molar-refractivity contribution in [1.82, 2.24) is 9.80 Å². The molecule has 1 saturated carbocycles. The van der Waals surface area contributed by atoms with Gasteiger partial charge in [-0.1, -0.05) is 49.4 Å². The summed E-state index contributed by atoms with van der Waals surface area (Å²) in [5.41, 5.74) is 1.48. The van der Waals surface area contributed by atoms with Crippen molar-refractivity contribution in [2.45, 2.75) is 45.2 Å². The highest BCUT2D eigenvalue weighted by molar-refractivity contribution is 6.27. The molecular formula is C24H32N2O4. The summed E-state index contributed by atoms with van der Waals surface area (Å²) >= 11 is 0. The number of fused-ring (bicyclic) bond motifs is 1. The van der Waals surface area contributed by atoms with Crippen LogP contribution in [0.25, 0.3) is 10.8 Å². The number of hydrogen-bond acceptors (Lipinski definition) is 4. The van der Waals surface area contributed by atoms with Gasteiger partial charge in [-0.3, -0.25) is 9.80 Å². The number of hydrogen-bond donors (Lipinski definition) is 2. The summed E-state index contributed by atoms with van der Waals surface area (Å²) in [4.78, 5) is 23.6. The molecule has 2 aromatic carbocycles. The lowest BCUT2D eigenvalue weighted by Crippen LogP contribution is -2.50. The monoisotopic (exact) mass is 412 g/mol. The van der Waals surface area contributed by atoms with Crippen molar-refractivity contribution >= 4 is 22.7 Å². The lowest BCUT2D eigenvalue weighted by Gasteiger charge is -2.41. The van der Waals surface area contributed by atoms with Gasteiger partial charge in [0.15, 0.2) is 0 Å². The zero-order chi connectivity index (χ0) is 21.5. The molecule has 0 atom stereocenters. The van der Waals surface area contributed by atoms with E-state index in [1.165, 1.54) is 68.2 Å². The predicted octanol–water partition coefficient (Wildman–Crippen LogP) is 3.69. The number of nitrogens with zero attached hydrogens (tertiary/aromatic N) is 2. The molecule has 2 aliphatic rings. The first-order valence-electron chi connectivity index (χ1n) is 10.8. The molecule has 1 aliphatic heterocycles. The van der Waals surface area contributed by atoms with Gasteiger partial charge in [-0.2, -0.15) is 0 Å². The van der Waals surface area contributed by atoms with Gasteiger partial charge in [0.25, 0.3) is 0 Å². The molecule has 0 bridgehead atoms. The molecule has 2 aromatic rings. The SMILES string of the molecule is CC1CCC(N2CCN(Cc3cccc4ccccc34)CC2)CC1.O=C(O)C(=O)O.